The van der Waals surface area contributed by atoms with Gasteiger partial charge in [0.1, 0.15) is 24.5 Å². The molecule has 3 aromatic rings. The van der Waals surface area contributed by atoms with Crippen molar-refractivity contribution in [3.63, 3.8) is 0 Å². The van der Waals surface area contributed by atoms with E-state index in [-0.39, 0.29) is 5.91 Å². The highest BCUT2D eigenvalue weighted by Gasteiger charge is 2.19. The first-order valence-electron chi connectivity index (χ1n) is 10.1. The largest absolute Gasteiger partial charge is 0.490 e. The molecule has 0 saturated heterocycles. The van der Waals surface area contributed by atoms with Crippen LogP contribution >= 0.6 is 0 Å². The molecule has 0 fully saturated rings. The normalized spacial score (nSPS) is 14.7. The maximum absolute atomic E-state index is 13.3. The van der Waals surface area contributed by atoms with Crippen LogP contribution in [0.15, 0.2) is 67.0 Å². The minimum Gasteiger partial charge on any atom is -0.490 e. The maximum atomic E-state index is 13.3. The number of rotatable bonds is 2. The highest BCUT2D eigenvalue weighted by molar-refractivity contribution is 5.94. The Morgan fingerprint density at radius 3 is 2.67 bits per heavy atom. The minimum atomic E-state index is 0.0121. The monoisotopic (exact) mass is 399 g/mol. The summed E-state index contributed by atoms with van der Waals surface area (Å²) in [7, 11) is 0. The molecule has 5 nitrogen and oxygen atoms in total. The van der Waals surface area contributed by atoms with Crippen molar-refractivity contribution in [3.05, 3.63) is 95.0 Å². The Morgan fingerprint density at radius 2 is 1.83 bits per heavy atom. The molecule has 152 valence electrons. The lowest BCUT2D eigenvalue weighted by atomic mass is 9.99. The predicted octanol–water partition coefficient (Wildman–Crippen LogP) is 4.21. The number of aryl methyl sites for hydroxylation is 2. The highest BCUT2D eigenvalue weighted by atomic mass is 16.5. The fraction of sp³-hybridized carbons (Fsp3) is 0.240. The maximum Gasteiger partial charge on any atom is 0.232 e. The first-order chi connectivity index (χ1) is 14.6. The van der Waals surface area contributed by atoms with Gasteiger partial charge in [-0.3, -0.25) is 9.69 Å². The van der Waals surface area contributed by atoms with Crippen LogP contribution in [0, 0.1) is 13.8 Å². The van der Waals surface area contributed by atoms with E-state index in [1.807, 2.05) is 74.5 Å². The van der Waals surface area contributed by atoms with E-state index >= 15 is 0 Å². The Kier molecular flexibility index (Phi) is 5.89. The zero-order chi connectivity index (χ0) is 20.9. The van der Waals surface area contributed by atoms with Gasteiger partial charge in [-0.25, -0.2) is 9.97 Å². The molecule has 2 aromatic carbocycles. The second-order valence-electron chi connectivity index (χ2n) is 7.53. The molecule has 0 radical (unpaired) electrons. The van der Waals surface area contributed by atoms with Crippen molar-refractivity contribution in [2.45, 2.75) is 26.7 Å². The SMILES string of the molecule is Cc1cccc(C)c1CC(=O)N1C/C=C/COc2cccc(c2)Cc2cc1ncn2. The molecule has 4 rings (SSSR count). The van der Waals surface area contributed by atoms with Gasteiger partial charge in [0.2, 0.25) is 5.91 Å². The zero-order valence-corrected chi connectivity index (χ0v) is 17.3. The number of anilines is 1. The quantitative estimate of drug-likeness (QED) is 0.606. The van der Waals surface area contributed by atoms with Gasteiger partial charge in [-0.05, 0) is 54.3 Å². The molecular weight excluding hydrogens is 374 g/mol. The first kappa shape index (κ1) is 19.8. The number of amides is 1. The summed E-state index contributed by atoms with van der Waals surface area (Å²) in [5, 5.41) is 0. The summed E-state index contributed by atoms with van der Waals surface area (Å²) in [5.74, 6) is 1.46. The molecule has 0 atom stereocenters. The van der Waals surface area contributed by atoms with Crippen molar-refractivity contribution in [2.24, 2.45) is 0 Å². The van der Waals surface area contributed by atoms with Crippen molar-refractivity contribution in [2.75, 3.05) is 18.1 Å². The fourth-order valence-corrected chi connectivity index (χ4v) is 3.67. The van der Waals surface area contributed by atoms with Gasteiger partial charge in [-0.15, -0.1) is 0 Å². The molecule has 1 aliphatic heterocycles. The van der Waals surface area contributed by atoms with Crippen molar-refractivity contribution in [1.82, 2.24) is 9.97 Å². The van der Waals surface area contributed by atoms with E-state index < -0.39 is 0 Å². The van der Waals surface area contributed by atoms with Gasteiger partial charge in [-0.2, -0.15) is 0 Å². The molecule has 0 N–H and O–H groups in total. The topological polar surface area (TPSA) is 55.3 Å². The second-order valence-corrected chi connectivity index (χ2v) is 7.53. The van der Waals surface area contributed by atoms with Crippen LogP contribution in [0.2, 0.25) is 0 Å². The van der Waals surface area contributed by atoms with Crippen LogP contribution in [-0.2, 0) is 17.6 Å². The Balaban J connectivity index is 1.66. The third-order valence-corrected chi connectivity index (χ3v) is 5.34. The summed E-state index contributed by atoms with van der Waals surface area (Å²) in [4.78, 5) is 23.9. The molecule has 4 bridgehead atoms. The third kappa shape index (κ3) is 4.57. The summed E-state index contributed by atoms with van der Waals surface area (Å²) in [6, 6.07) is 16.0. The summed E-state index contributed by atoms with van der Waals surface area (Å²) in [6.07, 6.45) is 6.41. The number of benzene rings is 2. The number of hydrogen-bond acceptors (Lipinski definition) is 4. The third-order valence-electron chi connectivity index (χ3n) is 5.34. The van der Waals surface area contributed by atoms with Gasteiger partial charge in [0.05, 0.1) is 12.1 Å². The Hall–Kier alpha value is -3.47. The van der Waals surface area contributed by atoms with Crippen LogP contribution in [0.25, 0.3) is 0 Å². The number of ether oxygens (including phenoxy) is 1. The number of nitrogens with zero attached hydrogens (tertiary/aromatic N) is 3. The van der Waals surface area contributed by atoms with E-state index in [4.69, 9.17) is 4.74 Å². The average Bonchev–Trinajstić information content (AvgIpc) is 2.74. The Labute approximate surface area is 177 Å². The molecular formula is C25H25N3O2. The van der Waals surface area contributed by atoms with Crippen molar-refractivity contribution in [1.29, 1.82) is 0 Å². The molecule has 0 saturated carbocycles. The molecule has 1 amide bonds. The van der Waals surface area contributed by atoms with Crippen molar-refractivity contribution in [3.8, 4) is 5.75 Å². The van der Waals surface area contributed by atoms with Crippen LogP contribution in [0.5, 0.6) is 5.75 Å². The van der Waals surface area contributed by atoms with Gasteiger partial charge in [0.25, 0.3) is 0 Å². The lowest BCUT2D eigenvalue weighted by Gasteiger charge is -2.22. The Morgan fingerprint density at radius 1 is 1.03 bits per heavy atom. The molecule has 0 spiro atoms. The smallest absolute Gasteiger partial charge is 0.232 e. The van der Waals surface area contributed by atoms with Crippen LogP contribution < -0.4 is 9.64 Å². The van der Waals surface area contributed by atoms with E-state index in [9.17, 15) is 4.79 Å². The first-order valence-corrected chi connectivity index (χ1v) is 10.1. The van der Waals surface area contributed by atoms with E-state index in [2.05, 4.69) is 9.97 Å². The molecule has 5 heteroatoms. The Bertz CT molecular complexity index is 1070. The van der Waals surface area contributed by atoms with E-state index in [1.165, 1.54) is 6.33 Å². The number of hydrogen-bond donors (Lipinski definition) is 0. The summed E-state index contributed by atoms with van der Waals surface area (Å²) in [5.41, 5.74) is 5.30. The number of fused-ring (bicyclic) bond motifs is 4. The molecule has 0 unspecified atom stereocenters. The van der Waals surface area contributed by atoms with Gasteiger partial charge < -0.3 is 4.74 Å². The van der Waals surface area contributed by atoms with Crippen LogP contribution in [0.1, 0.15) is 27.9 Å². The van der Waals surface area contributed by atoms with Crippen LogP contribution in [0.4, 0.5) is 5.82 Å². The lowest BCUT2D eigenvalue weighted by Crippen LogP contribution is -2.33. The average molecular weight is 399 g/mol. The van der Waals surface area contributed by atoms with Gasteiger partial charge in [0, 0.05) is 19.0 Å². The number of carbonyl (C=O) groups is 1. The zero-order valence-electron chi connectivity index (χ0n) is 17.3. The lowest BCUT2D eigenvalue weighted by molar-refractivity contribution is -0.117. The molecule has 0 aliphatic carbocycles. The molecule has 1 aliphatic rings. The summed E-state index contributed by atoms with van der Waals surface area (Å²) >= 11 is 0. The van der Waals surface area contributed by atoms with Gasteiger partial charge in [-0.1, -0.05) is 36.4 Å². The summed E-state index contributed by atoms with van der Waals surface area (Å²) < 4.78 is 5.82. The standard InChI is InChI=1S/C25H25N3O2/c1-18-7-5-8-19(2)23(18)16-25(29)28-11-3-4-12-30-22-10-6-9-20(14-22)13-21-15-24(28)27-17-26-21/h3-10,14-15,17H,11-13,16H2,1-2H3/b4-3+. The predicted molar refractivity (Wildman–Crippen MR) is 118 cm³/mol. The molecule has 1 aromatic heterocycles. The fourth-order valence-electron chi connectivity index (χ4n) is 3.67. The summed E-state index contributed by atoms with van der Waals surface area (Å²) in [6.45, 7) is 4.97. The van der Waals surface area contributed by atoms with Crippen LogP contribution in [-0.4, -0.2) is 29.0 Å². The van der Waals surface area contributed by atoms with E-state index in [0.29, 0.717) is 31.8 Å². The van der Waals surface area contributed by atoms with E-state index in [0.717, 1.165) is 33.7 Å². The molecule has 30 heavy (non-hydrogen) atoms. The molecule has 2 heterocycles. The number of aromatic nitrogens is 2. The van der Waals surface area contributed by atoms with Gasteiger partial charge >= 0.3 is 0 Å². The van der Waals surface area contributed by atoms with E-state index in [1.54, 1.807) is 4.90 Å². The van der Waals surface area contributed by atoms with Crippen LogP contribution in [0.3, 0.4) is 0 Å². The van der Waals surface area contributed by atoms with Gasteiger partial charge in [0.15, 0.2) is 0 Å². The second kappa shape index (κ2) is 8.91. The number of carbonyl (C=O) groups excluding carboxylic acids is 1. The van der Waals surface area contributed by atoms with Crippen molar-refractivity contribution >= 4 is 11.7 Å². The highest BCUT2D eigenvalue weighted by Crippen LogP contribution is 2.21. The van der Waals surface area contributed by atoms with Crippen molar-refractivity contribution < 1.29 is 9.53 Å². The minimum absolute atomic E-state index is 0.0121.